The number of nitrogens with zero attached hydrogens (tertiary/aromatic N) is 2. The fourth-order valence-electron chi connectivity index (χ4n) is 1.27. The van der Waals surface area contributed by atoms with Gasteiger partial charge in [-0.3, -0.25) is 10.1 Å². The monoisotopic (exact) mass is 236 g/mol. The Labute approximate surface area is 95.7 Å². The molecule has 0 bridgehead atoms. The smallest absolute Gasteiger partial charge is 0.332 e. The molecular weight excluding hydrogens is 228 g/mol. The molecule has 0 amide bonds. The summed E-state index contributed by atoms with van der Waals surface area (Å²) in [6.45, 7) is 0. The van der Waals surface area contributed by atoms with E-state index < -0.39 is 17.0 Å². The SMILES string of the molecule is N#Cc1ccc(CC(O)C(=O)O)c([N+](=O)[O-])c1. The molecule has 0 fully saturated rings. The Morgan fingerprint density at radius 1 is 1.59 bits per heavy atom. The largest absolute Gasteiger partial charge is 0.479 e. The molecule has 1 atom stereocenters. The van der Waals surface area contributed by atoms with Crippen molar-refractivity contribution in [3.63, 3.8) is 0 Å². The zero-order valence-corrected chi connectivity index (χ0v) is 8.53. The number of carboxylic acid groups (broad SMARTS) is 1. The molecule has 0 aliphatic carbocycles. The van der Waals surface area contributed by atoms with Crippen LogP contribution in [-0.4, -0.2) is 27.2 Å². The molecule has 1 aromatic rings. The highest BCUT2D eigenvalue weighted by Crippen LogP contribution is 2.21. The fourth-order valence-corrected chi connectivity index (χ4v) is 1.27. The lowest BCUT2D eigenvalue weighted by Crippen LogP contribution is -2.22. The third-order valence-electron chi connectivity index (χ3n) is 2.11. The van der Waals surface area contributed by atoms with Crippen LogP contribution in [0.1, 0.15) is 11.1 Å². The summed E-state index contributed by atoms with van der Waals surface area (Å²) in [6.07, 6.45) is -2.08. The molecule has 0 aliphatic rings. The Morgan fingerprint density at radius 3 is 2.71 bits per heavy atom. The lowest BCUT2D eigenvalue weighted by molar-refractivity contribution is -0.385. The fraction of sp³-hybridized carbons (Fsp3) is 0.200. The van der Waals surface area contributed by atoms with Gasteiger partial charge in [-0.05, 0) is 6.07 Å². The Bertz CT molecular complexity index is 506. The Kier molecular flexibility index (Phi) is 3.74. The minimum absolute atomic E-state index is 0.0731. The summed E-state index contributed by atoms with van der Waals surface area (Å²) >= 11 is 0. The Morgan fingerprint density at radius 2 is 2.24 bits per heavy atom. The maximum Gasteiger partial charge on any atom is 0.332 e. The molecule has 1 aromatic carbocycles. The second-order valence-corrected chi connectivity index (χ2v) is 3.27. The summed E-state index contributed by atoms with van der Waals surface area (Å²) in [7, 11) is 0. The van der Waals surface area contributed by atoms with Crippen molar-refractivity contribution in [3.05, 3.63) is 39.4 Å². The van der Waals surface area contributed by atoms with Crippen LogP contribution in [0.15, 0.2) is 18.2 Å². The minimum atomic E-state index is -1.71. The van der Waals surface area contributed by atoms with Gasteiger partial charge >= 0.3 is 5.97 Å². The first-order chi connectivity index (χ1) is 7.95. The molecule has 0 radical (unpaired) electrons. The molecule has 1 rings (SSSR count). The molecular formula is C10H8N2O5. The van der Waals surface area contributed by atoms with Gasteiger partial charge in [0.15, 0.2) is 6.10 Å². The number of aliphatic hydroxyl groups is 1. The van der Waals surface area contributed by atoms with Crippen LogP contribution in [0.4, 0.5) is 5.69 Å². The van der Waals surface area contributed by atoms with E-state index >= 15 is 0 Å². The van der Waals surface area contributed by atoms with Gasteiger partial charge in [0.25, 0.3) is 5.69 Å². The molecule has 0 saturated carbocycles. The Balaban J connectivity index is 3.12. The number of aliphatic carboxylic acids is 1. The molecule has 7 nitrogen and oxygen atoms in total. The minimum Gasteiger partial charge on any atom is -0.479 e. The van der Waals surface area contributed by atoms with Gasteiger partial charge in [0, 0.05) is 18.1 Å². The van der Waals surface area contributed by atoms with Crippen molar-refractivity contribution in [2.24, 2.45) is 0 Å². The molecule has 0 aliphatic heterocycles. The zero-order valence-electron chi connectivity index (χ0n) is 8.53. The summed E-state index contributed by atoms with van der Waals surface area (Å²) in [5.41, 5.74) is -0.196. The average Bonchev–Trinajstić information content (AvgIpc) is 2.29. The van der Waals surface area contributed by atoms with Crippen molar-refractivity contribution in [1.82, 2.24) is 0 Å². The second-order valence-electron chi connectivity index (χ2n) is 3.27. The van der Waals surface area contributed by atoms with Gasteiger partial charge in [-0.1, -0.05) is 6.07 Å². The predicted molar refractivity (Wildman–Crippen MR) is 55.2 cm³/mol. The number of carboxylic acids is 1. The third-order valence-corrected chi connectivity index (χ3v) is 2.11. The molecule has 0 saturated heterocycles. The van der Waals surface area contributed by atoms with Crippen molar-refractivity contribution in [2.75, 3.05) is 0 Å². The summed E-state index contributed by atoms with van der Waals surface area (Å²) in [5, 5.41) is 36.9. The first-order valence-electron chi connectivity index (χ1n) is 4.54. The number of aliphatic hydroxyl groups excluding tert-OH is 1. The zero-order chi connectivity index (χ0) is 13.0. The second kappa shape index (κ2) is 5.05. The topological polar surface area (TPSA) is 124 Å². The van der Waals surface area contributed by atoms with E-state index in [4.69, 9.17) is 15.5 Å². The highest BCUT2D eigenvalue weighted by Gasteiger charge is 2.21. The number of carbonyl (C=O) groups is 1. The highest BCUT2D eigenvalue weighted by atomic mass is 16.6. The van der Waals surface area contributed by atoms with E-state index in [2.05, 4.69) is 0 Å². The van der Waals surface area contributed by atoms with E-state index in [1.54, 1.807) is 6.07 Å². The molecule has 7 heteroatoms. The summed E-state index contributed by atoms with van der Waals surface area (Å²) < 4.78 is 0. The van der Waals surface area contributed by atoms with Gasteiger partial charge in [-0.15, -0.1) is 0 Å². The van der Waals surface area contributed by atoms with Crippen LogP contribution < -0.4 is 0 Å². The van der Waals surface area contributed by atoms with E-state index in [-0.39, 0.29) is 23.2 Å². The molecule has 0 spiro atoms. The van der Waals surface area contributed by atoms with Crippen molar-refractivity contribution >= 4 is 11.7 Å². The van der Waals surface area contributed by atoms with E-state index in [0.29, 0.717) is 0 Å². The van der Waals surface area contributed by atoms with Crippen LogP contribution >= 0.6 is 0 Å². The maximum absolute atomic E-state index is 10.7. The van der Waals surface area contributed by atoms with Crippen LogP contribution in [0.2, 0.25) is 0 Å². The van der Waals surface area contributed by atoms with Crippen LogP contribution in [0, 0.1) is 21.4 Å². The van der Waals surface area contributed by atoms with Gasteiger partial charge in [-0.2, -0.15) is 5.26 Å². The molecule has 88 valence electrons. The number of nitriles is 1. The number of nitro benzene ring substituents is 1. The van der Waals surface area contributed by atoms with Crippen LogP contribution in [0.5, 0.6) is 0 Å². The first kappa shape index (κ1) is 12.6. The summed E-state index contributed by atoms with van der Waals surface area (Å²) in [5.74, 6) is -1.45. The van der Waals surface area contributed by atoms with Crippen LogP contribution in [0.25, 0.3) is 0 Å². The van der Waals surface area contributed by atoms with Crippen molar-refractivity contribution in [3.8, 4) is 6.07 Å². The Hall–Kier alpha value is -2.46. The molecule has 0 aromatic heterocycles. The number of rotatable bonds is 4. The van der Waals surface area contributed by atoms with E-state index in [1.807, 2.05) is 0 Å². The number of hydrogen-bond acceptors (Lipinski definition) is 5. The van der Waals surface area contributed by atoms with Crippen LogP contribution in [-0.2, 0) is 11.2 Å². The standard InChI is InChI=1S/C10H8N2O5/c11-5-6-1-2-7(4-9(13)10(14)15)8(3-6)12(16)17/h1-3,9,13H,4H2,(H,14,15). The number of nitro groups is 1. The molecule has 1 unspecified atom stereocenters. The van der Waals surface area contributed by atoms with Gasteiger partial charge in [0.05, 0.1) is 16.6 Å². The van der Waals surface area contributed by atoms with Gasteiger partial charge in [-0.25, -0.2) is 4.79 Å². The lowest BCUT2D eigenvalue weighted by atomic mass is 10.0. The van der Waals surface area contributed by atoms with Crippen molar-refractivity contribution in [2.45, 2.75) is 12.5 Å². The number of hydrogen-bond donors (Lipinski definition) is 2. The summed E-state index contributed by atoms with van der Waals surface area (Å²) in [4.78, 5) is 20.4. The van der Waals surface area contributed by atoms with Gasteiger partial charge in [0.2, 0.25) is 0 Å². The normalized spacial score (nSPS) is 11.5. The van der Waals surface area contributed by atoms with E-state index in [0.717, 1.165) is 6.07 Å². The first-order valence-corrected chi connectivity index (χ1v) is 4.54. The molecule has 2 N–H and O–H groups in total. The van der Waals surface area contributed by atoms with Gasteiger partial charge in [0.1, 0.15) is 0 Å². The summed E-state index contributed by atoms with van der Waals surface area (Å²) in [6, 6.07) is 5.38. The highest BCUT2D eigenvalue weighted by molar-refractivity contribution is 5.72. The number of benzene rings is 1. The average molecular weight is 236 g/mol. The third kappa shape index (κ3) is 2.99. The van der Waals surface area contributed by atoms with E-state index in [9.17, 15) is 14.9 Å². The quantitative estimate of drug-likeness (QED) is 0.577. The van der Waals surface area contributed by atoms with Gasteiger partial charge < -0.3 is 10.2 Å². The predicted octanol–water partition coefficient (Wildman–Crippen LogP) is 0.454. The molecule has 0 heterocycles. The van der Waals surface area contributed by atoms with Crippen molar-refractivity contribution in [1.29, 1.82) is 5.26 Å². The maximum atomic E-state index is 10.7. The van der Waals surface area contributed by atoms with Crippen molar-refractivity contribution < 1.29 is 19.9 Å². The lowest BCUT2D eigenvalue weighted by Gasteiger charge is -2.06. The van der Waals surface area contributed by atoms with E-state index in [1.165, 1.54) is 12.1 Å². The molecule has 17 heavy (non-hydrogen) atoms. The van der Waals surface area contributed by atoms with Crippen LogP contribution in [0.3, 0.4) is 0 Å².